The maximum atomic E-state index is 13.7. The third kappa shape index (κ3) is 6.24. The maximum absolute atomic E-state index is 13.7. The molecule has 0 aliphatic rings. The second-order valence-corrected chi connectivity index (χ2v) is 6.68. The lowest BCUT2D eigenvalue weighted by atomic mass is 10.1. The van der Waals surface area contributed by atoms with Gasteiger partial charge in [0.15, 0.2) is 0 Å². The molecule has 164 valence electrons. The zero-order chi connectivity index (χ0) is 22.4. The molecule has 1 aromatic carbocycles. The number of pyridine rings is 1. The molecule has 0 aliphatic carbocycles. The van der Waals surface area contributed by atoms with Crippen molar-refractivity contribution in [3.8, 4) is 11.4 Å². The van der Waals surface area contributed by atoms with E-state index in [4.69, 9.17) is 4.52 Å². The van der Waals surface area contributed by atoms with Gasteiger partial charge in [0, 0.05) is 37.7 Å². The number of rotatable bonds is 8. The number of benzene rings is 1. The fourth-order valence-corrected chi connectivity index (χ4v) is 2.57. The van der Waals surface area contributed by atoms with Crippen molar-refractivity contribution < 1.29 is 26.9 Å². The van der Waals surface area contributed by atoms with E-state index >= 15 is 0 Å². The summed E-state index contributed by atoms with van der Waals surface area (Å²) in [6, 6.07) is 6.76. The minimum absolute atomic E-state index is 0.0996. The maximum Gasteiger partial charge on any atom is 0.417 e. The van der Waals surface area contributed by atoms with Crippen molar-refractivity contribution in [3.63, 3.8) is 0 Å². The van der Waals surface area contributed by atoms with Crippen molar-refractivity contribution in [1.82, 2.24) is 20.4 Å². The van der Waals surface area contributed by atoms with E-state index < -0.39 is 11.7 Å². The van der Waals surface area contributed by atoms with Gasteiger partial charge in [-0.25, -0.2) is 9.37 Å². The molecular formula is C20H19F4N5O2. The SMILES string of the molecule is Cc1ccc(-c2noc(CCC(=O)NCCNc3ccc(C(F)(F)F)cn3)n2)cc1F. The molecule has 31 heavy (non-hydrogen) atoms. The predicted molar refractivity (Wildman–Crippen MR) is 103 cm³/mol. The lowest BCUT2D eigenvalue weighted by molar-refractivity contribution is -0.137. The van der Waals surface area contributed by atoms with Crippen LogP contribution in [0.1, 0.15) is 23.4 Å². The van der Waals surface area contributed by atoms with Crippen molar-refractivity contribution in [2.24, 2.45) is 0 Å². The quantitative estimate of drug-likeness (QED) is 0.412. The Morgan fingerprint density at radius 2 is 1.97 bits per heavy atom. The van der Waals surface area contributed by atoms with E-state index in [2.05, 4.69) is 25.8 Å². The Balaban J connectivity index is 1.39. The first kappa shape index (κ1) is 22.2. The lowest BCUT2D eigenvalue weighted by Gasteiger charge is -2.09. The molecule has 0 radical (unpaired) electrons. The van der Waals surface area contributed by atoms with Gasteiger partial charge in [-0.3, -0.25) is 4.79 Å². The molecule has 11 heteroatoms. The Kier molecular flexibility index (Phi) is 6.83. The summed E-state index contributed by atoms with van der Waals surface area (Å²) < 4.78 is 56.2. The lowest BCUT2D eigenvalue weighted by Crippen LogP contribution is -2.29. The molecule has 0 saturated heterocycles. The first-order valence-electron chi connectivity index (χ1n) is 9.35. The monoisotopic (exact) mass is 437 g/mol. The molecule has 7 nitrogen and oxygen atoms in total. The normalized spacial score (nSPS) is 11.4. The van der Waals surface area contributed by atoms with E-state index in [0.717, 1.165) is 12.3 Å². The van der Waals surface area contributed by atoms with Crippen molar-refractivity contribution >= 4 is 11.7 Å². The number of nitrogens with one attached hydrogen (secondary N) is 2. The van der Waals surface area contributed by atoms with Crippen LogP contribution in [0.2, 0.25) is 0 Å². The van der Waals surface area contributed by atoms with Gasteiger partial charge >= 0.3 is 6.18 Å². The van der Waals surface area contributed by atoms with Crippen LogP contribution < -0.4 is 10.6 Å². The van der Waals surface area contributed by atoms with Crippen molar-refractivity contribution in [2.45, 2.75) is 25.9 Å². The number of hydrogen-bond acceptors (Lipinski definition) is 6. The topological polar surface area (TPSA) is 92.9 Å². The number of carbonyl (C=O) groups excluding carboxylic acids is 1. The Hall–Kier alpha value is -3.50. The van der Waals surface area contributed by atoms with Crippen molar-refractivity contribution in [1.29, 1.82) is 0 Å². The molecule has 0 fully saturated rings. The summed E-state index contributed by atoms with van der Waals surface area (Å²) in [6.45, 7) is 2.18. The molecule has 3 rings (SSSR count). The summed E-state index contributed by atoms with van der Waals surface area (Å²) >= 11 is 0. The van der Waals surface area contributed by atoms with Gasteiger partial charge < -0.3 is 15.2 Å². The van der Waals surface area contributed by atoms with Gasteiger partial charge in [0.2, 0.25) is 17.6 Å². The van der Waals surface area contributed by atoms with E-state index in [0.29, 0.717) is 11.1 Å². The molecule has 3 aromatic rings. The number of aromatic nitrogens is 3. The number of anilines is 1. The summed E-state index contributed by atoms with van der Waals surface area (Å²) in [6.07, 6.45) is -3.39. The number of nitrogens with zero attached hydrogens (tertiary/aromatic N) is 3. The first-order chi connectivity index (χ1) is 14.7. The zero-order valence-corrected chi connectivity index (χ0v) is 16.5. The number of aryl methyl sites for hydroxylation is 2. The van der Waals surface area contributed by atoms with E-state index in [1.165, 1.54) is 12.1 Å². The Morgan fingerprint density at radius 1 is 1.16 bits per heavy atom. The third-order valence-corrected chi connectivity index (χ3v) is 4.31. The Morgan fingerprint density at radius 3 is 2.65 bits per heavy atom. The molecule has 0 atom stereocenters. The minimum atomic E-state index is -4.44. The summed E-state index contributed by atoms with van der Waals surface area (Å²) in [5, 5.41) is 9.27. The summed E-state index contributed by atoms with van der Waals surface area (Å²) in [5.74, 6) is 0.126. The first-order valence-corrected chi connectivity index (χ1v) is 9.35. The molecule has 0 spiro atoms. The minimum Gasteiger partial charge on any atom is -0.368 e. The highest BCUT2D eigenvalue weighted by Gasteiger charge is 2.30. The highest BCUT2D eigenvalue weighted by molar-refractivity contribution is 5.76. The average Bonchev–Trinajstić information content (AvgIpc) is 3.20. The van der Waals surface area contributed by atoms with Gasteiger partial charge in [0.25, 0.3) is 0 Å². The van der Waals surface area contributed by atoms with E-state index in [1.807, 2.05) is 0 Å². The third-order valence-electron chi connectivity index (χ3n) is 4.31. The molecule has 2 N–H and O–H groups in total. The standard InChI is InChI=1S/C20H19F4N5O2/c1-12-2-3-13(10-15(12)21)19-28-18(31-29-19)7-6-17(30)26-9-8-25-16-5-4-14(11-27-16)20(22,23)24/h2-5,10-11H,6-9H2,1H3,(H,25,27)(H,26,30). The molecule has 0 unspecified atom stereocenters. The van der Waals surface area contributed by atoms with Gasteiger partial charge in [-0.1, -0.05) is 17.3 Å². The summed E-state index contributed by atoms with van der Waals surface area (Å²) in [7, 11) is 0. The van der Waals surface area contributed by atoms with Crippen LogP contribution in [0.3, 0.4) is 0 Å². The second-order valence-electron chi connectivity index (χ2n) is 6.68. The molecule has 0 saturated carbocycles. The van der Waals surface area contributed by atoms with E-state index in [1.54, 1.807) is 19.1 Å². The number of carbonyl (C=O) groups is 1. The van der Waals surface area contributed by atoms with Crippen molar-refractivity contribution in [2.75, 3.05) is 18.4 Å². The molecule has 0 aliphatic heterocycles. The van der Waals surface area contributed by atoms with Crippen LogP contribution in [0.5, 0.6) is 0 Å². The van der Waals surface area contributed by atoms with Crippen molar-refractivity contribution in [3.05, 3.63) is 59.4 Å². The number of hydrogen-bond donors (Lipinski definition) is 2. The largest absolute Gasteiger partial charge is 0.417 e. The van der Waals surface area contributed by atoms with Gasteiger partial charge in [-0.05, 0) is 30.7 Å². The van der Waals surface area contributed by atoms with Crippen LogP contribution in [-0.2, 0) is 17.4 Å². The molecular weight excluding hydrogens is 418 g/mol. The number of halogens is 4. The Bertz CT molecular complexity index is 1030. The zero-order valence-electron chi connectivity index (χ0n) is 16.5. The fourth-order valence-electron chi connectivity index (χ4n) is 2.57. The average molecular weight is 437 g/mol. The second kappa shape index (κ2) is 9.54. The van der Waals surface area contributed by atoms with Crippen LogP contribution in [0.15, 0.2) is 41.1 Å². The molecule has 2 aromatic heterocycles. The van der Waals surface area contributed by atoms with Gasteiger partial charge in [-0.2, -0.15) is 18.2 Å². The highest BCUT2D eigenvalue weighted by atomic mass is 19.4. The predicted octanol–water partition coefficient (Wildman–Crippen LogP) is 3.76. The fraction of sp³-hybridized carbons (Fsp3) is 0.300. The Labute approximate surface area is 174 Å². The van der Waals surface area contributed by atoms with E-state index in [-0.39, 0.29) is 55.2 Å². The number of amides is 1. The smallest absolute Gasteiger partial charge is 0.368 e. The summed E-state index contributed by atoms with van der Waals surface area (Å²) in [5.41, 5.74) is 0.154. The van der Waals surface area contributed by atoms with E-state index in [9.17, 15) is 22.4 Å². The van der Waals surface area contributed by atoms with Gasteiger partial charge in [0.1, 0.15) is 11.6 Å². The van der Waals surface area contributed by atoms with Crippen LogP contribution in [0.25, 0.3) is 11.4 Å². The van der Waals surface area contributed by atoms with Crippen LogP contribution >= 0.6 is 0 Å². The molecule has 1 amide bonds. The van der Waals surface area contributed by atoms with Gasteiger partial charge in [-0.15, -0.1) is 0 Å². The van der Waals surface area contributed by atoms with Crippen LogP contribution in [-0.4, -0.2) is 34.1 Å². The molecule has 2 heterocycles. The number of alkyl halides is 3. The van der Waals surface area contributed by atoms with Gasteiger partial charge in [0.05, 0.1) is 5.56 Å². The highest BCUT2D eigenvalue weighted by Crippen LogP contribution is 2.28. The van der Waals surface area contributed by atoms with Crippen LogP contribution in [0.4, 0.5) is 23.4 Å². The summed E-state index contributed by atoms with van der Waals surface area (Å²) in [4.78, 5) is 19.8. The molecule has 0 bridgehead atoms. The van der Waals surface area contributed by atoms with Crippen LogP contribution in [0, 0.1) is 12.7 Å².